The average molecular weight is 206 g/mol. The van der Waals surface area contributed by atoms with E-state index in [1.54, 1.807) is 0 Å². The van der Waals surface area contributed by atoms with Gasteiger partial charge in [-0.3, -0.25) is 0 Å². The first-order chi connectivity index (χ1) is 6.32. The van der Waals surface area contributed by atoms with Crippen molar-refractivity contribution in [3.8, 4) is 0 Å². The molecule has 1 N–H and O–H groups in total. The molecule has 0 aromatic heterocycles. The molecule has 0 saturated carbocycles. The van der Waals surface area contributed by atoms with Crippen LogP contribution in [0.3, 0.4) is 0 Å². The molecule has 76 valence electrons. The average Bonchev–Trinajstić information content (AvgIpc) is 2.01. The first kappa shape index (κ1) is 10.6. The van der Waals surface area contributed by atoms with Gasteiger partial charge in [-0.25, -0.2) is 4.39 Å². The normalized spacial score (nSPS) is 11.4. The monoisotopic (exact) mass is 206 g/mol. The van der Waals surface area contributed by atoms with Crippen molar-refractivity contribution in [3.05, 3.63) is 41.7 Å². The molecule has 0 atom stereocenters. The van der Waals surface area contributed by atoms with E-state index in [9.17, 15) is 17.6 Å². The summed E-state index contributed by atoms with van der Waals surface area (Å²) < 4.78 is 49.0. The lowest BCUT2D eigenvalue weighted by Crippen LogP contribution is -2.08. The van der Waals surface area contributed by atoms with Crippen LogP contribution >= 0.6 is 0 Å². The molecule has 0 aliphatic carbocycles. The maximum atomic E-state index is 12.8. The topological polar surface area (TPSA) is 20.2 Å². The van der Waals surface area contributed by atoms with Gasteiger partial charge < -0.3 is 5.11 Å². The quantitative estimate of drug-likeness (QED) is 0.551. The Morgan fingerprint density at radius 1 is 1.29 bits per heavy atom. The van der Waals surface area contributed by atoms with Crippen molar-refractivity contribution in [2.45, 2.75) is 6.18 Å². The van der Waals surface area contributed by atoms with Gasteiger partial charge in [-0.05, 0) is 12.1 Å². The van der Waals surface area contributed by atoms with Crippen LogP contribution in [0.25, 0.3) is 5.76 Å². The van der Waals surface area contributed by atoms with Gasteiger partial charge in [-0.1, -0.05) is 12.6 Å². The van der Waals surface area contributed by atoms with Gasteiger partial charge in [-0.2, -0.15) is 13.2 Å². The minimum Gasteiger partial charge on any atom is -0.508 e. The van der Waals surface area contributed by atoms with Gasteiger partial charge in [0.15, 0.2) is 0 Å². The van der Waals surface area contributed by atoms with Crippen molar-refractivity contribution in [1.82, 2.24) is 0 Å². The Hall–Kier alpha value is -1.52. The van der Waals surface area contributed by atoms with Crippen LogP contribution < -0.4 is 0 Å². The summed E-state index contributed by atoms with van der Waals surface area (Å²) in [6.07, 6.45) is -4.72. The van der Waals surface area contributed by atoms with E-state index in [0.29, 0.717) is 12.1 Å². The van der Waals surface area contributed by atoms with Gasteiger partial charge in [0.1, 0.15) is 11.6 Å². The summed E-state index contributed by atoms with van der Waals surface area (Å²) in [4.78, 5) is 0. The zero-order chi connectivity index (χ0) is 10.9. The number of alkyl halides is 3. The molecule has 1 aromatic rings. The maximum absolute atomic E-state index is 12.8. The van der Waals surface area contributed by atoms with E-state index in [2.05, 4.69) is 6.58 Å². The van der Waals surface area contributed by atoms with Crippen LogP contribution in [0, 0.1) is 5.82 Å². The predicted molar refractivity (Wildman–Crippen MR) is 43.1 cm³/mol. The van der Waals surface area contributed by atoms with E-state index in [1.165, 1.54) is 0 Å². The third-order valence-corrected chi connectivity index (χ3v) is 1.61. The summed E-state index contributed by atoms with van der Waals surface area (Å²) in [6.45, 7) is 3.07. The highest BCUT2D eigenvalue weighted by molar-refractivity contribution is 5.56. The Labute approximate surface area is 77.3 Å². The molecule has 1 rings (SSSR count). The maximum Gasteiger partial charge on any atom is 0.419 e. The van der Waals surface area contributed by atoms with Crippen molar-refractivity contribution >= 4 is 5.76 Å². The fraction of sp³-hybridized carbons (Fsp3) is 0.111. The molecule has 0 bridgehead atoms. The van der Waals surface area contributed by atoms with Crippen LogP contribution in [0.2, 0.25) is 0 Å². The molecular formula is C9H6F4O. The summed E-state index contributed by atoms with van der Waals surface area (Å²) in [5.74, 6) is -1.90. The van der Waals surface area contributed by atoms with Gasteiger partial charge >= 0.3 is 6.18 Å². The van der Waals surface area contributed by atoms with E-state index in [0.717, 1.165) is 6.07 Å². The fourth-order valence-electron chi connectivity index (χ4n) is 0.925. The van der Waals surface area contributed by atoms with E-state index < -0.39 is 23.3 Å². The lowest BCUT2D eigenvalue weighted by Gasteiger charge is -2.08. The van der Waals surface area contributed by atoms with E-state index in [1.807, 2.05) is 0 Å². The standard InChI is InChI=1S/C9H6F4O/c1-5(14)6-2-3-7(8(10)4-6)9(11,12)13/h2-4,14H,1H2. The molecule has 0 spiro atoms. The van der Waals surface area contributed by atoms with Crippen LogP contribution in [0.4, 0.5) is 17.6 Å². The van der Waals surface area contributed by atoms with Gasteiger partial charge in [0.05, 0.1) is 5.56 Å². The lowest BCUT2D eigenvalue weighted by molar-refractivity contribution is -0.140. The van der Waals surface area contributed by atoms with Crippen molar-refractivity contribution in [2.24, 2.45) is 0 Å². The highest BCUT2D eigenvalue weighted by atomic mass is 19.4. The van der Waals surface area contributed by atoms with Crippen LogP contribution in [0.15, 0.2) is 24.8 Å². The first-order valence-corrected chi connectivity index (χ1v) is 3.57. The second-order valence-electron chi connectivity index (χ2n) is 2.64. The van der Waals surface area contributed by atoms with Crippen LogP contribution in [0.5, 0.6) is 0 Å². The Kier molecular flexibility index (Phi) is 2.51. The van der Waals surface area contributed by atoms with Gasteiger partial charge in [0.25, 0.3) is 0 Å². The Bertz CT molecular complexity index is 368. The number of rotatable bonds is 1. The second kappa shape index (κ2) is 3.32. The molecule has 14 heavy (non-hydrogen) atoms. The molecule has 0 fully saturated rings. The number of aliphatic hydroxyl groups is 1. The van der Waals surface area contributed by atoms with E-state index in [-0.39, 0.29) is 5.56 Å². The van der Waals surface area contributed by atoms with Crippen molar-refractivity contribution < 1.29 is 22.7 Å². The molecule has 0 unspecified atom stereocenters. The molecule has 0 radical (unpaired) electrons. The minimum atomic E-state index is -4.72. The van der Waals surface area contributed by atoms with Crippen LogP contribution in [-0.4, -0.2) is 5.11 Å². The third kappa shape index (κ3) is 2.04. The SMILES string of the molecule is C=C(O)c1ccc(C(F)(F)F)c(F)c1. The first-order valence-electron chi connectivity index (χ1n) is 3.57. The van der Waals surface area contributed by atoms with Crippen molar-refractivity contribution in [3.63, 3.8) is 0 Å². The van der Waals surface area contributed by atoms with Crippen LogP contribution in [-0.2, 0) is 6.18 Å². The zero-order valence-corrected chi connectivity index (χ0v) is 6.90. The Morgan fingerprint density at radius 2 is 1.86 bits per heavy atom. The summed E-state index contributed by atoms with van der Waals surface area (Å²) in [6, 6.07) is 2.10. The summed E-state index contributed by atoms with van der Waals surface area (Å²) >= 11 is 0. The van der Waals surface area contributed by atoms with Gasteiger partial charge in [-0.15, -0.1) is 0 Å². The Balaban J connectivity index is 3.21. The van der Waals surface area contributed by atoms with Crippen LogP contribution in [0.1, 0.15) is 11.1 Å². The number of aliphatic hydroxyl groups excluding tert-OH is 1. The number of hydrogen-bond acceptors (Lipinski definition) is 1. The van der Waals surface area contributed by atoms with Gasteiger partial charge in [0.2, 0.25) is 0 Å². The lowest BCUT2D eigenvalue weighted by atomic mass is 10.1. The molecule has 0 heterocycles. The second-order valence-corrected chi connectivity index (χ2v) is 2.64. The minimum absolute atomic E-state index is 0.0736. The molecular weight excluding hydrogens is 200 g/mol. The van der Waals surface area contributed by atoms with Crippen molar-refractivity contribution in [2.75, 3.05) is 0 Å². The number of halogens is 4. The summed E-state index contributed by atoms with van der Waals surface area (Å²) in [7, 11) is 0. The zero-order valence-electron chi connectivity index (χ0n) is 6.90. The Morgan fingerprint density at radius 3 is 2.21 bits per heavy atom. The molecule has 0 aliphatic heterocycles. The van der Waals surface area contributed by atoms with Gasteiger partial charge in [0, 0.05) is 5.56 Å². The molecule has 1 aromatic carbocycles. The molecule has 0 aliphatic rings. The highest BCUT2D eigenvalue weighted by Crippen LogP contribution is 2.32. The third-order valence-electron chi connectivity index (χ3n) is 1.61. The molecule has 5 heteroatoms. The largest absolute Gasteiger partial charge is 0.508 e. The predicted octanol–water partition coefficient (Wildman–Crippen LogP) is 3.37. The molecule has 0 saturated heterocycles. The van der Waals surface area contributed by atoms with E-state index in [4.69, 9.17) is 5.11 Å². The fourth-order valence-corrected chi connectivity index (χ4v) is 0.925. The molecule has 0 amide bonds. The summed E-state index contributed by atoms with van der Waals surface area (Å²) in [5, 5.41) is 8.80. The summed E-state index contributed by atoms with van der Waals surface area (Å²) in [5.41, 5.74) is -1.43. The number of benzene rings is 1. The molecule has 1 nitrogen and oxygen atoms in total. The van der Waals surface area contributed by atoms with E-state index >= 15 is 0 Å². The van der Waals surface area contributed by atoms with Crippen molar-refractivity contribution in [1.29, 1.82) is 0 Å². The number of hydrogen-bond donors (Lipinski definition) is 1. The smallest absolute Gasteiger partial charge is 0.419 e. The highest BCUT2D eigenvalue weighted by Gasteiger charge is 2.33.